The summed E-state index contributed by atoms with van der Waals surface area (Å²) in [6.07, 6.45) is 6.96. The van der Waals surface area contributed by atoms with Crippen LogP contribution < -0.4 is 4.90 Å². The first-order valence-corrected chi connectivity index (χ1v) is 10.6. The summed E-state index contributed by atoms with van der Waals surface area (Å²) in [5.74, 6) is 1.03. The van der Waals surface area contributed by atoms with Crippen molar-refractivity contribution < 1.29 is 9.53 Å². The number of fused-ring (bicyclic) bond motifs is 1. The maximum atomic E-state index is 12.8. The Morgan fingerprint density at radius 3 is 2.47 bits per heavy atom. The lowest BCUT2D eigenvalue weighted by Gasteiger charge is -2.27. The quantitative estimate of drug-likeness (QED) is 0.669. The topological polar surface area (TPSA) is 71.5 Å². The molecular weight excluding hydrogens is 378 g/mol. The standard InChI is InChI=1S/C23H25N5O2/c29-23(28-8-2-1-3-9-28)17-4-6-19-20(14-17)26-21(16-24-19)18-5-7-22(25-15-18)27-10-12-30-13-11-27/h4-7,14-16H,1-3,8-13H2. The Morgan fingerprint density at radius 2 is 1.70 bits per heavy atom. The molecule has 1 amide bonds. The van der Waals surface area contributed by atoms with E-state index in [1.165, 1.54) is 6.42 Å². The fourth-order valence-electron chi connectivity index (χ4n) is 4.08. The molecule has 0 saturated carbocycles. The number of aromatic nitrogens is 3. The normalized spacial score (nSPS) is 17.3. The third-order valence-electron chi connectivity index (χ3n) is 5.81. The van der Waals surface area contributed by atoms with Crippen molar-refractivity contribution in [2.45, 2.75) is 19.3 Å². The highest BCUT2D eigenvalue weighted by Gasteiger charge is 2.19. The summed E-state index contributed by atoms with van der Waals surface area (Å²) < 4.78 is 5.41. The van der Waals surface area contributed by atoms with Crippen molar-refractivity contribution in [2.24, 2.45) is 0 Å². The van der Waals surface area contributed by atoms with Gasteiger partial charge in [-0.25, -0.2) is 9.97 Å². The summed E-state index contributed by atoms with van der Waals surface area (Å²) in [5.41, 5.74) is 3.86. The van der Waals surface area contributed by atoms with Crippen molar-refractivity contribution in [2.75, 3.05) is 44.3 Å². The molecule has 0 atom stereocenters. The van der Waals surface area contributed by atoms with Crippen LogP contribution in [-0.4, -0.2) is 65.2 Å². The van der Waals surface area contributed by atoms with Gasteiger partial charge in [0.05, 0.1) is 36.1 Å². The van der Waals surface area contributed by atoms with Crippen molar-refractivity contribution in [1.29, 1.82) is 0 Å². The minimum atomic E-state index is 0.0836. The number of rotatable bonds is 3. The number of piperidine rings is 1. The molecule has 0 unspecified atom stereocenters. The van der Waals surface area contributed by atoms with Crippen LogP contribution in [0.1, 0.15) is 29.6 Å². The Bertz CT molecular complexity index is 1040. The number of anilines is 1. The van der Waals surface area contributed by atoms with Gasteiger partial charge in [0.25, 0.3) is 5.91 Å². The van der Waals surface area contributed by atoms with E-state index >= 15 is 0 Å². The average molecular weight is 403 g/mol. The Kier molecular flexibility index (Phi) is 5.27. The number of amides is 1. The molecule has 0 spiro atoms. The molecule has 3 aromatic rings. The summed E-state index contributed by atoms with van der Waals surface area (Å²) >= 11 is 0. The molecule has 30 heavy (non-hydrogen) atoms. The second-order valence-electron chi connectivity index (χ2n) is 7.82. The molecule has 5 rings (SSSR count). The maximum Gasteiger partial charge on any atom is 0.253 e. The number of hydrogen-bond donors (Lipinski definition) is 0. The highest BCUT2D eigenvalue weighted by atomic mass is 16.5. The third kappa shape index (κ3) is 3.85. The molecule has 4 heterocycles. The molecule has 0 aliphatic carbocycles. The molecule has 0 N–H and O–H groups in total. The van der Waals surface area contributed by atoms with Gasteiger partial charge in [-0.15, -0.1) is 0 Å². The molecule has 2 aliphatic rings. The first-order valence-electron chi connectivity index (χ1n) is 10.6. The van der Waals surface area contributed by atoms with E-state index in [2.05, 4.69) is 14.9 Å². The molecular formula is C23H25N5O2. The van der Waals surface area contributed by atoms with Crippen LogP contribution >= 0.6 is 0 Å². The number of carbonyl (C=O) groups is 1. The molecule has 2 aromatic heterocycles. The Hall–Kier alpha value is -3.06. The van der Waals surface area contributed by atoms with Gasteiger partial charge in [0.15, 0.2) is 0 Å². The number of hydrogen-bond acceptors (Lipinski definition) is 6. The van der Waals surface area contributed by atoms with Gasteiger partial charge in [0.1, 0.15) is 5.82 Å². The van der Waals surface area contributed by atoms with Gasteiger partial charge in [0.2, 0.25) is 0 Å². The lowest BCUT2D eigenvalue weighted by atomic mass is 10.1. The van der Waals surface area contributed by atoms with Crippen LogP contribution in [0.25, 0.3) is 22.3 Å². The lowest BCUT2D eigenvalue weighted by Crippen LogP contribution is -2.36. The van der Waals surface area contributed by atoms with Crippen molar-refractivity contribution in [3.63, 3.8) is 0 Å². The predicted octanol–water partition coefficient (Wildman–Crippen LogP) is 3.15. The molecule has 0 radical (unpaired) electrons. The fraction of sp³-hybridized carbons (Fsp3) is 0.391. The smallest absolute Gasteiger partial charge is 0.253 e. The van der Waals surface area contributed by atoms with Crippen LogP contribution in [0, 0.1) is 0 Å². The van der Waals surface area contributed by atoms with Gasteiger partial charge < -0.3 is 14.5 Å². The average Bonchev–Trinajstić information content (AvgIpc) is 2.84. The van der Waals surface area contributed by atoms with E-state index in [0.717, 1.165) is 80.3 Å². The zero-order valence-corrected chi connectivity index (χ0v) is 17.0. The van der Waals surface area contributed by atoms with Gasteiger partial charge in [0, 0.05) is 43.5 Å². The van der Waals surface area contributed by atoms with E-state index in [9.17, 15) is 4.79 Å². The second-order valence-corrected chi connectivity index (χ2v) is 7.82. The Morgan fingerprint density at radius 1 is 0.867 bits per heavy atom. The van der Waals surface area contributed by atoms with Crippen LogP contribution in [0.3, 0.4) is 0 Å². The van der Waals surface area contributed by atoms with Crippen LogP contribution in [0.5, 0.6) is 0 Å². The second kappa shape index (κ2) is 8.36. The van der Waals surface area contributed by atoms with Gasteiger partial charge in [-0.2, -0.15) is 0 Å². The van der Waals surface area contributed by atoms with Crippen LogP contribution in [0.15, 0.2) is 42.7 Å². The van der Waals surface area contributed by atoms with E-state index in [1.54, 1.807) is 6.20 Å². The van der Waals surface area contributed by atoms with Gasteiger partial charge >= 0.3 is 0 Å². The summed E-state index contributed by atoms with van der Waals surface area (Å²) in [6.45, 7) is 4.86. The third-order valence-corrected chi connectivity index (χ3v) is 5.81. The fourth-order valence-corrected chi connectivity index (χ4v) is 4.08. The minimum Gasteiger partial charge on any atom is -0.378 e. The largest absolute Gasteiger partial charge is 0.378 e. The van der Waals surface area contributed by atoms with E-state index < -0.39 is 0 Å². The Balaban J connectivity index is 1.40. The Labute approximate surface area is 175 Å². The van der Waals surface area contributed by atoms with E-state index in [-0.39, 0.29) is 5.91 Å². The highest BCUT2D eigenvalue weighted by Crippen LogP contribution is 2.23. The zero-order valence-electron chi connectivity index (χ0n) is 17.0. The van der Waals surface area contributed by atoms with Gasteiger partial charge in [-0.1, -0.05) is 0 Å². The number of pyridine rings is 1. The monoisotopic (exact) mass is 403 g/mol. The minimum absolute atomic E-state index is 0.0836. The van der Waals surface area contributed by atoms with Gasteiger partial charge in [-0.05, 0) is 49.6 Å². The summed E-state index contributed by atoms with van der Waals surface area (Å²) in [5, 5.41) is 0. The number of nitrogens with zero attached hydrogens (tertiary/aromatic N) is 5. The molecule has 7 nitrogen and oxygen atoms in total. The molecule has 2 saturated heterocycles. The maximum absolute atomic E-state index is 12.8. The van der Waals surface area contributed by atoms with Crippen molar-refractivity contribution in [1.82, 2.24) is 19.9 Å². The number of morpholine rings is 1. The van der Waals surface area contributed by atoms with Crippen molar-refractivity contribution >= 4 is 22.8 Å². The van der Waals surface area contributed by atoms with Crippen LogP contribution in [0.2, 0.25) is 0 Å². The van der Waals surface area contributed by atoms with Crippen molar-refractivity contribution in [3.8, 4) is 11.3 Å². The van der Waals surface area contributed by atoms with Gasteiger partial charge in [-0.3, -0.25) is 9.78 Å². The SMILES string of the molecule is O=C(c1ccc2ncc(-c3ccc(N4CCOCC4)nc3)nc2c1)N1CCCCC1. The summed E-state index contributed by atoms with van der Waals surface area (Å²) in [6, 6.07) is 9.63. The summed E-state index contributed by atoms with van der Waals surface area (Å²) in [4.78, 5) is 30.9. The number of ether oxygens (including phenoxy) is 1. The van der Waals surface area contributed by atoms with E-state index in [4.69, 9.17) is 9.72 Å². The first kappa shape index (κ1) is 18.9. The number of carbonyl (C=O) groups excluding carboxylic acids is 1. The lowest BCUT2D eigenvalue weighted by molar-refractivity contribution is 0.0724. The molecule has 2 fully saturated rings. The zero-order chi connectivity index (χ0) is 20.3. The predicted molar refractivity (Wildman–Crippen MR) is 116 cm³/mol. The van der Waals surface area contributed by atoms with E-state index in [1.807, 2.05) is 41.4 Å². The summed E-state index contributed by atoms with van der Waals surface area (Å²) in [7, 11) is 0. The van der Waals surface area contributed by atoms with Crippen LogP contribution in [0.4, 0.5) is 5.82 Å². The molecule has 154 valence electrons. The molecule has 1 aromatic carbocycles. The molecule has 0 bridgehead atoms. The highest BCUT2D eigenvalue weighted by molar-refractivity contribution is 5.97. The number of benzene rings is 1. The molecule has 2 aliphatic heterocycles. The molecule has 7 heteroatoms. The van der Waals surface area contributed by atoms with Crippen molar-refractivity contribution in [3.05, 3.63) is 48.3 Å². The van der Waals surface area contributed by atoms with Crippen LogP contribution in [-0.2, 0) is 4.74 Å². The van der Waals surface area contributed by atoms with E-state index in [0.29, 0.717) is 5.56 Å². The first-order chi connectivity index (χ1) is 14.8. The number of likely N-dealkylation sites (tertiary alicyclic amines) is 1.